The third-order valence-electron chi connectivity index (χ3n) is 3.82. The highest BCUT2D eigenvalue weighted by Crippen LogP contribution is 2.16. The Morgan fingerprint density at radius 2 is 2.00 bits per heavy atom. The number of carboxylic acid groups (broad SMARTS) is 1. The Morgan fingerprint density at radius 1 is 1.32 bits per heavy atom. The van der Waals surface area contributed by atoms with E-state index in [4.69, 9.17) is 9.84 Å². The maximum Gasteiger partial charge on any atom is 0.320 e. The number of hydrogen-bond donors (Lipinski definition) is 2. The fraction of sp³-hybridized carbons (Fsp3) is 0.500. The van der Waals surface area contributed by atoms with Crippen molar-refractivity contribution in [2.24, 2.45) is 0 Å². The number of nitrogens with one attached hydrogen (secondary N) is 1. The van der Waals surface area contributed by atoms with E-state index in [2.05, 4.69) is 5.32 Å². The lowest BCUT2D eigenvalue weighted by Crippen LogP contribution is -2.42. The molecule has 6 nitrogen and oxygen atoms in total. The molecular weight excluding hydrogens is 284 g/mol. The highest BCUT2D eigenvalue weighted by atomic mass is 16.5. The monoisotopic (exact) mass is 306 g/mol. The van der Waals surface area contributed by atoms with Gasteiger partial charge in [0.25, 0.3) is 0 Å². The lowest BCUT2D eigenvalue weighted by molar-refractivity contribution is -0.142. The van der Waals surface area contributed by atoms with E-state index >= 15 is 0 Å². The lowest BCUT2D eigenvalue weighted by Gasteiger charge is -2.20. The molecule has 1 aromatic rings. The summed E-state index contributed by atoms with van der Waals surface area (Å²) < 4.78 is 5.05. The van der Waals surface area contributed by atoms with Gasteiger partial charge in [-0.1, -0.05) is 24.3 Å². The van der Waals surface area contributed by atoms with Crippen molar-refractivity contribution >= 4 is 11.9 Å². The van der Waals surface area contributed by atoms with Gasteiger partial charge in [-0.3, -0.25) is 14.5 Å². The molecule has 0 aromatic heterocycles. The topological polar surface area (TPSA) is 78.9 Å². The van der Waals surface area contributed by atoms with Gasteiger partial charge in [-0.05, 0) is 30.5 Å². The summed E-state index contributed by atoms with van der Waals surface area (Å²) in [6.45, 7) is 1.81. The van der Waals surface area contributed by atoms with E-state index in [-0.39, 0.29) is 12.5 Å². The summed E-state index contributed by atoms with van der Waals surface area (Å²) >= 11 is 0. The van der Waals surface area contributed by atoms with E-state index in [0.29, 0.717) is 26.1 Å². The Labute approximate surface area is 130 Å². The minimum atomic E-state index is -0.848. The molecule has 0 spiro atoms. The zero-order valence-corrected chi connectivity index (χ0v) is 12.7. The molecule has 6 heteroatoms. The molecule has 1 aromatic carbocycles. The Kier molecular flexibility index (Phi) is 5.91. The fourth-order valence-corrected chi connectivity index (χ4v) is 2.66. The van der Waals surface area contributed by atoms with Crippen LogP contribution in [0.5, 0.6) is 0 Å². The molecule has 1 amide bonds. The Morgan fingerprint density at radius 3 is 2.64 bits per heavy atom. The first-order valence-corrected chi connectivity index (χ1v) is 7.40. The normalized spacial score (nSPS) is 18.3. The van der Waals surface area contributed by atoms with Gasteiger partial charge in [-0.2, -0.15) is 0 Å². The van der Waals surface area contributed by atoms with E-state index in [9.17, 15) is 9.59 Å². The van der Waals surface area contributed by atoms with Gasteiger partial charge in [-0.15, -0.1) is 0 Å². The van der Waals surface area contributed by atoms with Gasteiger partial charge in [0.1, 0.15) is 6.04 Å². The van der Waals surface area contributed by atoms with Gasteiger partial charge in [0.15, 0.2) is 0 Å². The number of methoxy groups -OCH3 is 1. The molecular formula is C16H22N2O4. The summed E-state index contributed by atoms with van der Waals surface area (Å²) in [6, 6.07) is 7.30. The van der Waals surface area contributed by atoms with Crippen LogP contribution in [0.25, 0.3) is 0 Å². The Hall–Kier alpha value is -1.92. The first-order valence-electron chi connectivity index (χ1n) is 7.40. The van der Waals surface area contributed by atoms with Crippen LogP contribution in [-0.4, -0.2) is 48.1 Å². The van der Waals surface area contributed by atoms with Crippen LogP contribution in [0, 0.1) is 0 Å². The molecule has 2 rings (SSSR count). The van der Waals surface area contributed by atoms with Gasteiger partial charge in [0.05, 0.1) is 13.2 Å². The second-order valence-electron chi connectivity index (χ2n) is 5.49. The number of likely N-dealkylation sites (tertiary alicyclic amines) is 1. The van der Waals surface area contributed by atoms with Crippen LogP contribution in [0.15, 0.2) is 24.3 Å². The van der Waals surface area contributed by atoms with Gasteiger partial charge >= 0.3 is 5.97 Å². The molecule has 1 aliphatic rings. The van der Waals surface area contributed by atoms with Crippen molar-refractivity contribution in [3.63, 3.8) is 0 Å². The third kappa shape index (κ3) is 4.54. The van der Waals surface area contributed by atoms with E-state index < -0.39 is 12.0 Å². The van der Waals surface area contributed by atoms with Crippen molar-refractivity contribution in [1.82, 2.24) is 10.2 Å². The van der Waals surface area contributed by atoms with E-state index in [1.54, 1.807) is 12.0 Å². The van der Waals surface area contributed by atoms with Crippen molar-refractivity contribution in [2.75, 3.05) is 20.2 Å². The SMILES string of the molecule is COCc1ccc(CNC(=O)CN2CCCC2C(=O)O)cc1. The van der Waals surface area contributed by atoms with Crippen molar-refractivity contribution in [1.29, 1.82) is 0 Å². The number of nitrogens with zero attached hydrogens (tertiary/aromatic N) is 1. The molecule has 1 saturated heterocycles. The average Bonchev–Trinajstić information content (AvgIpc) is 2.95. The van der Waals surface area contributed by atoms with Crippen LogP contribution in [0.1, 0.15) is 24.0 Å². The van der Waals surface area contributed by atoms with Gasteiger partial charge in [0.2, 0.25) is 5.91 Å². The minimum absolute atomic E-state index is 0.138. The van der Waals surface area contributed by atoms with E-state index in [0.717, 1.165) is 17.5 Å². The first-order chi connectivity index (χ1) is 10.6. The van der Waals surface area contributed by atoms with Crippen molar-refractivity contribution < 1.29 is 19.4 Å². The number of ether oxygens (including phenoxy) is 1. The summed E-state index contributed by atoms with van der Waals surface area (Å²) in [7, 11) is 1.65. The van der Waals surface area contributed by atoms with Crippen LogP contribution in [-0.2, 0) is 27.5 Å². The summed E-state index contributed by atoms with van der Waals surface area (Å²) in [5.74, 6) is -0.992. The molecule has 0 radical (unpaired) electrons. The number of benzene rings is 1. The lowest BCUT2D eigenvalue weighted by atomic mass is 10.1. The summed E-state index contributed by atoms with van der Waals surface area (Å²) in [4.78, 5) is 24.7. The fourth-order valence-electron chi connectivity index (χ4n) is 2.66. The van der Waals surface area contributed by atoms with Gasteiger partial charge in [-0.25, -0.2) is 0 Å². The molecule has 1 unspecified atom stereocenters. The molecule has 0 aliphatic carbocycles. The highest BCUT2D eigenvalue weighted by Gasteiger charge is 2.31. The molecule has 1 atom stereocenters. The van der Waals surface area contributed by atoms with E-state index in [1.165, 1.54) is 0 Å². The standard InChI is InChI=1S/C16H22N2O4/c1-22-11-13-6-4-12(5-7-13)9-17-15(19)10-18-8-2-3-14(18)16(20)21/h4-7,14H,2-3,8-11H2,1H3,(H,17,19)(H,20,21). The number of rotatable bonds is 7. The summed E-state index contributed by atoms with van der Waals surface area (Å²) in [6.07, 6.45) is 1.44. The van der Waals surface area contributed by atoms with Crippen molar-refractivity contribution in [3.05, 3.63) is 35.4 Å². The maximum atomic E-state index is 11.9. The van der Waals surface area contributed by atoms with Crippen LogP contribution in [0.4, 0.5) is 0 Å². The second-order valence-corrected chi connectivity index (χ2v) is 5.49. The number of hydrogen-bond acceptors (Lipinski definition) is 4. The zero-order valence-electron chi connectivity index (χ0n) is 12.7. The Balaban J connectivity index is 1.78. The number of amides is 1. The van der Waals surface area contributed by atoms with Crippen LogP contribution in [0.2, 0.25) is 0 Å². The quantitative estimate of drug-likeness (QED) is 0.785. The number of carbonyl (C=O) groups is 2. The Bertz CT molecular complexity index is 515. The maximum absolute atomic E-state index is 11.9. The smallest absolute Gasteiger partial charge is 0.320 e. The van der Waals surface area contributed by atoms with Crippen molar-refractivity contribution in [3.8, 4) is 0 Å². The molecule has 1 heterocycles. The summed E-state index contributed by atoms with van der Waals surface area (Å²) in [5.41, 5.74) is 2.09. The van der Waals surface area contributed by atoms with Crippen molar-refractivity contribution in [2.45, 2.75) is 32.0 Å². The minimum Gasteiger partial charge on any atom is -0.480 e. The number of aliphatic carboxylic acids is 1. The number of carbonyl (C=O) groups excluding carboxylic acids is 1. The average molecular weight is 306 g/mol. The van der Waals surface area contributed by atoms with Crippen LogP contribution >= 0.6 is 0 Å². The first kappa shape index (κ1) is 16.5. The van der Waals surface area contributed by atoms with Gasteiger partial charge < -0.3 is 15.2 Å². The number of carboxylic acids is 1. The van der Waals surface area contributed by atoms with Crippen LogP contribution < -0.4 is 5.32 Å². The molecule has 22 heavy (non-hydrogen) atoms. The second kappa shape index (κ2) is 7.91. The molecule has 0 saturated carbocycles. The van der Waals surface area contributed by atoms with E-state index in [1.807, 2.05) is 24.3 Å². The molecule has 1 fully saturated rings. The molecule has 1 aliphatic heterocycles. The highest BCUT2D eigenvalue weighted by molar-refractivity contribution is 5.80. The largest absolute Gasteiger partial charge is 0.480 e. The predicted molar refractivity (Wildman–Crippen MR) is 81.2 cm³/mol. The summed E-state index contributed by atoms with van der Waals surface area (Å²) in [5, 5.41) is 11.9. The van der Waals surface area contributed by atoms with Crippen LogP contribution in [0.3, 0.4) is 0 Å². The molecule has 0 bridgehead atoms. The predicted octanol–water partition coefficient (Wildman–Crippen LogP) is 0.998. The molecule has 2 N–H and O–H groups in total. The van der Waals surface area contributed by atoms with Gasteiger partial charge in [0, 0.05) is 13.7 Å². The third-order valence-corrected chi connectivity index (χ3v) is 3.82. The zero-order chi connectivity index (χ0) is 15.9. The molecule has 120 valence electrons.